The van der Waals surface area contributed by atoms with Crippen molar-refractivity contribution < 1.29 is 0 Å². The fourth-order valence-electron chi connectivity index (χ4n) is 3.88. The second-order valence-corrected chi connectivity index (χ2v) is 7.12. The largest absolute Gasteiger partial charge is 0.314 e. The summed E-state index contributed by atoms with van der Waals surface area (Å²) in [6.45, 7) is 8.56. The number of hydrogen-bond donors (Lipinski definition) is 1. The van der Waals surface area contributed by atoms with Crippen molar-refractivity contribution in [2.75, 3.05) is 19.6 Å². The lowest BCUT2D eigenvalue weighted by atomic mass is 10.1. The molecule has 0 radical (unpaired) electrons. The highest BCUT2D eigenvalue weighted by molar-refractivity contribution is 4.79. The second-order valence-electron chi connectivity index (χ2n) is 7.12. The molecule has 0 amide bonds. The van der Waals surface area contributed by atoms with Gasteiger partial charge < -0.3 is 10.2 Å². The molecule has 0 aromatic carbocycles. The van der Waals surface area contributed by atoms with Crippen LogP contribution in [0.2, 0.25) is 0 Å². The molecular weight excluding hydrogens is 232 g/mol. The average molecular weight is 266 g/mol. The molecule has 0 unspecified atom stereocenters. The van der Waals surface area contributed by atoms with Gasteiger partial charge in [0.05, 0.1) is 0 Å². The first-order valence-electron chi connectivity index (χ1n) is 8.73. The molecule has 2 aliphatic rings. The first-order valence-corrected chi connectivity index (χ1v) is 8.73. The fourth-order valence-corrected chi connectivity index (χ4v) is 3.88. The summed E-state index contributed by atoms with van der Waals surface area (Å²) in [5.74, 6) is 0.809. The molecule has 2 saturated carbocycles. The van der Waals surface area contributed by atoms with Crippen molar-refractivity contribution in [2.24, 2.45) is 5.92 Å². The van der Waals surface area contributed by atoms with E-state index in [-0.39, 0.29) is 0 Å². The van der Waals surface area contributed by atoms with Gasteiger partial charge in [-0.25, -0.2) is 0 Å². The predicted molar refractivity (Wildman–Crippen MR) is 83.5 cm³/mol. The monoisotopic (exact) mass is 266 g/mol. The molecule has 0 atom stereocenters. The van der Waals surface area contributed by atoms with Crippen LogP contribution in [0.3, 0.4) is 0 Å². The minimum absolute atomic E-state index is 0.809. The van der Waals surface area contributed by atoms with Gasteiger partial charge in [0.15, 0.2) is 0 Å². The quantitative estimate of drug-likeness (QED) is 0.672. The molecule has 2 rings (SSSR count). The Morgan fingerprint density at radius 3 is 2.26 bits per heavy atom. The van der Waals surface area contributed by atoms with E-state index in [4.69, 9.17) is 0 Å². The zero-order valence-electron chi connectivity index (χ0n) is 13.2. The van der Waals surface area contributed by atoms with Crippen LogP contribution in [-0.4, -0.2) is 36.6 Å². The van der Waals surface area contributed by atoms with Crippen LogP contribution in [-0.2, 0) is 0 Å². The summed E-state index contributed by atoms with van der Waals surface area (Å²) in [5, 5.41) is 3.75. The summed E-state index contributed by atoms with van der Waals surface area (Å²) < 4.78 is 0. The number of hydrogen-bond acceptors (Lipinski definition) is 2. The molecule has 112 valence electrons. The van der Waals surface area contributed by atoms with Crippen LogP contribution >= 0.6 is 0 Å². The van der Waals surface area contributed by atoms with E-state index in [1.54, 1.807) is 0 Å². The molecular formula is C17H34N2. The van der Waals surface area contributed by atoms with Gasteiger partial charge in [0.1, 0.15) is 0 Å². The molecule has 19 heavy (non-hydrogen) atoms. The third-order valence-corrected chi connectivity index (χ3v) is 4.85. The highest BCUT2D eigenvalue weighted by atomic mass is 15.2. The van der Waals surface area contributed by atoms with Gasteiger partial charge in [-0.2, -0.15) is 0 Å². The highest BCUT2D eigenvalue weighted by Gasteiger charge is 2.22. The van der Waals surface area contributed by atoms with Crippen LogP contribution in [0.1, 0.15) is 71.6 Å². The van der Waals surface area contributed by atoms with E-state index in [2.05, 4.69) is 24.1 Å². The molecule has 0 aliphatic heterocycles. The van der Waals surface area contributed by atoms with Crippen LogP contribution < -0.4 is 5.32 Å². The molecule has 2 nitrogen and oxygen atoms in total. The van der Waals surface area contributed by atoms with Crippen LogP contribution in [0.15, 0.2) is 0 Å². The summed E-state index contributed by atoms with van der Waals surface area (Å²) in [6, 6.07) is 1.74. The van der Waals surface area contributed by atoms with E-state index in [1.807, 2.05) is 0 Å². The van der Waals surface area contributed by atoms with Crippen molar-refractivity contribution in [2.45, 2.75) is 83.7 Å². The van der Waals surface area contributed by atoms with E-state index >= 15 is 0 Å². The van der Waals surface area contributed by atoms with Crippen LogP contribution in [0.25, 0.3) is 0 Å². The van der Waals surface area contributed by atoms with Crippen molar-refractivity contribution in [3.8, 4) is 0 Å². The Labute approximate surface area is 120 Å². The second kappa shape index (κ2) is 8.26. The third-order valence-electron chi connectivity index (χ3n) is 4.85. The summed E-state index contributed by atoms with van der Waals surface area (Å²) in [6.07, 6.45) is 12.9. The zero-order chi connectivity index (χ0) is 13.5. The Morgan fingerprint density at radius 2 is 1.63 bits per heavy atom. The normalized spacial score (nSPS) is 22.1. The van der Waals surface area contributed by atoms with Crippen LogP contribution in [0, 0.1) is 5.92 Å². The smallest absolute Gasteiger partial charge is 0.00953 e. The molecule has 0 aromatic rings. The lowest BCUT2D eigenvalue weighted by Gasteiger charge is -2.30. The first-order chi connectivity index (χ1) is 9.25. The summed E-state index contributed by atoms with van der Waals surface area (Å²) in [7, 11) is 0. The minimum atomic E-state index is 0.809. The first kappa shape index (κ1) is 15.3. The predicted octanol–water partition coefficient (Wildman–Crippen LogP) is 3.81. The Morgan fingerprint density at radius 1 is 1.00 bits per heavy atom. The molecule has 0 aromatic heterocycles. The van der Waals surface area contributed by atoms with Crippen molar-refractivity contribution in [3.63, 3.8) is 0 Å². The van der Waals surface area contributed by atoms with Gasteiger partial charge in [-0.3, -0.25) is 0 Å². The average Bonchev–Trinajstić information content (AvgIpc) is 3.04. The van der Waals surface area contributed by atoms with Gasteiger partial charge in [0, 0.05) is 18.6 Å². The summed E-state index contributed by atoms with van der Waals surface area (Å²) in [4.78, 5) is 2.79. The lowest BCUT2D eigenvalue weighted by Crippen LogP contribution is -2.38. The van der Waals surface area contributed by atoms with E-state index in [9.17, 15) is 0 Å². The van der Waals surface area contributed by atoms with Crippen molar-refractivity contribution in [3.05, 3.63) is 0 Å². The summed E-state index contributed by atoms with van der Waals surface area (Å²) >= 11 is 0. The molecule has 2 heteroatoms. The maximum atomic E-state index is 3.75. The Kier molecular flexibility index (Phi) is 6.66. The molecule has 0 spiro atoms. The van der Waals surface area contributed by atoms with Gasteiger partial charge >= 0.3 is 0 Å². The van der Waals surface area contributed by atoms with Gasteiger partial charge in [0.25, 0.3) is 0 Å². The van der Waals surface area contributed by atoms with Gasteiger partial charge in [0.2, 0.25) is 0 Å². The van der Waals surface area contributed by atoms with Gasteiger partial charge in [-0.15, -0.1) is 0 Å². The van der Waals surface area contributed by atoms with Gasteiger partial charge in [-0.1, -0.05) is 39.5 Å². The van der Waals surface area contributed by atoms with E-state index in [0.717, 1.165) is 18.0 Å². The van der Waals surface area contributed by atoms with Crippen molar-refractivity contribution in [1.82, 2.24) is 10.2 Å². The summed E-state index contributed by atoms with van der Waals surface area (Å²) in [5.41, 5.74) is 0. The number of nitrogens with one attached hydrogen (secondary N) is 1. The topological polar surface area (TPSA) is 15.3 Å². The standard InChI is InChI=1S/C17H34N2/c1-15(2)14-19(17-10-5-6-11-17)13-7-12-18-16-8-3-4-9-16/h15-18H,3-14H2,1-2H3. The zero-order valence-corrected chi connectivity index (χ0v) is 13.2. The van der Waals surface area contributed by atoms with Crippen molar-refractivity contribution >= 4 is 0 Å². The SMILES string of the molecule is CC(C)CN(CCCNC1CCCC1)C1CCCC1. The van der Waals surface area contributed by atoms with Gasteiger partial charge in [-0.05, 0) is 51.1 Å². The maximum Gasteiger partial charge on any atom is 0.00953 e. The Hall–Kier alpha value is -0.0800. The Balaban J connectivity index is 1.63. The van der Waals surface area contributed by atoms with E-state index in [0.29, 0.717) is 0 Å². The molecule has 0 saturated heterocycles. The molecule has 1 N–H and O–H groups in total. The molecule has 0 bridgehead atoms. The van der Waals surface area contributed by atoms with E-state index < -0.39 is 0 Å². The molecule has 2 fully saturated rings. The third kappa shape index (κ3) is 5.43. The minimum Gasteiger partial charge on any atom is -0.314 e. The molecule has 2 aliphatic carbocycles. The maximum absolute atomic E-state index is 3.75. The van der Waals surface area contributed by atoms with E-state index in [1.165, 1.54) is 77.4 Å². The fraction of sp³-hybridized carbons (Fsp3) is 1.00. The number of nitrogens with zero attached hydrogens (tertiary/aromatic N) is 1. The van der Waals surface area contributed by atoms with Crippen LogP contribution in [0.5, 0.6) is 0 Å². The van der Waals surface area contributed by atoms with Crippen molar-refractivity contribution in [1.29, 1.82) is 0 Å². The number of rotatable bonds is 8. The van der Waals surface area contributed by atoms with Crippen LogP contribution in [0.4, 0.5) is 0 Å². The lowest BCUT2D eigenvalue weighted by molar-refractivity contribution is 0.174. The molecule has 0 heterocycles. The highest BCUT2D eigenvalue weighted by Crippen LogP contribution is 2.24. The Bertz CT molecular complexity index is 227.